The summed E-state index contributed by atoms with van der Waals surface area (Å²) in [6.07, 6.45) is 0. The number of hydrogen-bond donors (Lipinski definition) is 2. The Balaban J connectivity index is 2.43. The zero-order chi connectivity index (χ0) is 14.0. The molecule has 0 aliphatic rings. The number of nitrogens with two attached hydrogens (primary N) is 1. The molecular weight excluding hydrogens is 352 g/mol. The molecule has 0 unspecified atom stereocenters. The van der Waals surface area contributed by atoms with Crippen molar-refractivity contribution >= 4 is 48.9 Å². The first-order chi connectivity index (χ1) is 8.90. The first kappa shape index (κ1) is 14.2. The third-order valence-corrected chi connectivity index (χ3v) is 4.64. The first-order valence-electron chi connectivity index (χ1n) is 5.22. The van der Waals surface area contributed by atoms with E-state index in [4.69, 9.17) is 17.3 Å². The third kappa shape index (κ3) is 3.20. The summed E-state index contributed by atoms with van der Waals surface area (Å²) in [4.78, 5) is 0.0195. The van der Waals surface area contributed by atoms with Crippen LogP contribution in [0.4, 0.5) is 11.4 Å². The van der Waals surface area contributed by atoms with Crippen LogP contribution < -0.4 is 10.5 Å². The Morgan fingerprint density at radius 1 is 1.16 bits per heavy atom. The van der Waals surface area contributed by atoms with Gasteiger partial charge in [0.05, 0.1) is 16.4 Å². The predicted octanol–water partition coefficient (Wildman–Crippen LogP) is 3.49. The van der Waals surface area contributed by atoms with Gasteiger partial charge in [0.2, 0.25) is 0 Å². The quantitative estimate of drug-likeness (QED) is 0.822. The molecule has 0 bridgehead atoms. The minimum absolute atomic E-state index is 0.0195. The van der Waals surface area contributed by atoms with Gasteiger partial charge < -0.3 is 5.73 Å². The molecule has 0 radical (unpaired) electrons. The standard InChI is InChI=1S/C12H10BrClN2O2S/c13-8-5-6-9(14)11(7-8)16-19(17,18)12-4-2-1-3-10(12)15/h1-7,16H,15H2. The molecule has 0 spiro atoms. The molecule has 0 aromatic heterocycles. The molecule has 2 aromatic rings. The van der Waals surface area contributed by atoms with Crippen LogP contribution >= 0.6 is 27.5 Å². The lowest BCUT2D eigenvalue weighted by molar-refractivity contribution is 0.601. The van der Waals surface area contributed by atoms with E-state index in [1.807, 2.05) is 0 Å². The number of sulfonamides is 1. The molecule has 0 aliphatic carbocycles. The smallest absolute Gasteiger partial charge is 0.263 e. The van der Waals surface area contributed by atoms with Crippen molar-refractivity contribution in [3.63, 3.8) is 0 Å². The summed E-state index contributed by atoms with van der Waals surface area (Å²) in [5.74, 6) is 0. The van der Waals surface area contributed by atoms with E-state index in [-0.39, 0.29) is 10.6 Å². The van der Waals surface area contributed by atoms with Gasteiger partial charge in [-0.1, -0.05) is 39.7 Å². The average molecular weight is 362 g/mol. The summed E-state index contributed by atoms with van der Waals surface area (Å²) in [7, 11) is -3.76. The highest BCUT2D eigenvalue weighted by Gasteiger charge is 2.18. The fourth-order valence-electron chi connectivity index (χ4n) is 1.50. The molecule has 4 nitrogen and oxygen atoms in total. The number of anilines is 2. The molecule has 0 heterocycles. The number of benzene rings is 2. The van der Waals surface area contributed by atoms with E-state index < -0.39 is 10.0 Å². The van der Waals surface area contributed by atoms with Crippen LogP contribution in [0.2, 0.25) is 5.02 Å². The zero-order valence-corrected chi connectivity index (χ0v) is 12.8. The number of nitrogens with one attached hydrogen (secondary N) is 1. The maximum absolute atomic E-state index is 12.2. The minimum atomic E-state index is -3.76. The summed E-state index contributed by atoms with van der Waals surface area (Å²) in [5.41, 5.74) is 6.14. The van der Waals surface area contributed by atoms with E-state index in [1.54, 1.807) is 30.3 Å². The van der Waals surface area contributed by atoms with Crippen molar-refractivity contribution in [2.75, 3.05) is 10.5 Å². The topological polar surface area (TPSA) is 72.2 Å². The highest BCUT2D eigenvalue weighted by atomic mass is 79.9. The van der Waals surface area contributed by atoms with Crippen molar-refractivity contribution in [2.45, 2.75) is 4.90 Å². The average Bonchev–Trinajstić information content (AvgIpc) is 2.34. The Labute approximate surface area is 124 Å². The van der Waals surface area contributed by atoms with E-state index in [1.165, 1.54) is 12.1 Å². The van der Waals surface area contributed by atoms with Crippen LogP contribution in [0.25, 0.3) is 0 Å². The molecule has 3 N–H and O–H groups in total. The molecular formula is C12H10BrClN2O2S. The number of nitrogen functional groups attached to an aromatic ring is 1. The maximum Gasteiger partial charge on any atom is 0.263 e. The van der Waals surface area contributed by atoms with E-state index in [9.17, 15) is 8.42 Å². The molecule has 0 saturated carbocycles. The second-order valence-electron chi connectivity index (χ2n) is 3.77. The number of rotatable bonds is 3. The number of halogens is 2. The second-order valence-corrected chi connectivity index (χ2v) is 6.74. The number of hydrogen-bond acceptors (Lipinski definition) is 3. The number of para-hydroxylation sites is 1. The van der Waals surface area contributed by atoms with Gasteiger partial charge in [-0.05, 0) is 30.3 Å². The second kappa shape index (κ2) is 5.40. The van der Waals surface area contributed by atoms with Crippen LogP contribution in [0.5, 0.6) is 0 Å². The Morgan fingerprint density at radius 2 is 1.84 bits per heavy atom. The third-order valence-electron chi connectivity index (χ3n) is 2.38. The van der Waals surface area contributed by atoms with Gasteiger partial charge in [-0.15, -0.1) is 0 Å². The summed E-state index contributed by atoms with van der Waals surface area (Å²) < 4.78 is 27.6. The van der Waals surface area contributed by atoms with Gasteiger partial charge in [0.1, 0.15) is 4.90 Å². The van der Waals surface area contributed by atoms with Gasteiger partial charge in [0.15, 0.2) is 0 Å². The van der Waals surface area contributed by atoms with E-state index in [0.717, 1.165) is 4.47 Å². The Morgan fingerprint density at radius 3 is 2.53 bits per heavy atom. The summed E-state index contributed by atoms with van der Waals surface area (Å²) in [6.45, 7) is 0. The molecule has 0 saturated heterocycles. The molecule has 2 aromatic carbocycles. The van der Waals surface area contributed by atoms with Crippen LogP contribution in [0.3, 0.4) is 0 Å². The molecule has 0 amide bonds. The molecule has 0 aliphatic heterocycles. The van der Waals surface area contributed by atoms with Crippen LogP contribution in [-0.4, -0.2) is 8.42 Å². The van der Waals surface area contributed by atoms with Gasteiger partial charge in [-0.2, -0.15) is 0 Å². The van der Waals surface area contributed by atoms with Crippen molar-refractivity contribution in [3.05, 3.63) is 52.0 Å². The summed E-state index contributed by atoms with van der Waals surface area (Å²) in [6, 6.07) is 11.1. The van der Waals surface area contributed by atoms with E-state index >= 15 is 0 Å². The Kier molecular flexibility index (Phi) is 4.03. The summed E-state index contributed by atoms with van der Waals surface area (Å²) in [5, 5.41) is 0.307. The van der Waals surface area contributed by atoms with Crippen LogP contribution in [0.1, 0.15) is 0 Å². The van der Waals surface area contributed by atoms with Gasteiger partial charge in [-0.3, -0.25) is 4.72 Å². The van der Waals surface area contributed by atoms with Crippen molar-refractivity contribution in [2.24, 2.45) is 0 Å². The monoisotopic (exact) mass is 360 g/mol. The van der Waals surface area contributed by atoms with Gasteiger partial charge in [0.25, 0.3) is 10.0 Å². The largest absolute Gasteiger partial charge is 0.398 e. The zero-order valence-electron chi connectivity index (χ0n) is 9.60. The van der Waals surface area contributed by atoms with Crippen molar-refractivity contribution in [1.29, 1.82) is 0 Å². The van der Waals surface area contributed by atoms with Gasteiger partial charge in [-0.25, -0.2) is 8.42 Å². The van der Waals surface area contributed by atoms with E-state index in [2.05, 4.69) is 20.7 Å². The highest BCUT2D eigenvalue weighted by Crippen LogP contribution is 2.29. The normalized spacial score (nSPS) is 11.3. The Bertz CT molecular complexity index is 719. The van der Waals surface area contributed by atoms with Gasteiger partial charge >= 0.3 is 0 Å². The molecule has 0 fully saturated rings. The van der Waals surface area contributed by atoms with Gasteiger partial charge in [0, 0.05) is 4.47 Å². The molecule has 0 atom stereocenters. The van der Waals surface area contributed by atoms with Crippen molar-refractivity contribution in [1.82, 2.24) is 0 Å². The maximum atomic E-state index is 12.2. The lowest BCUT2D eigenvalue weighted by Crippen LogP contribution is -2.15. The minimum Gasteiger partial charge on any atom is -0.398 e. The summed E-state index contributed by atoms with van der Waals surface area (Å²) >= 11 is 9.21. The first-order valence-corrected chi connectivity index (χ1v) is 7.88. The SMILES string of the molecule is Nc1ccccc1S(=O)(=O)Nc1cc(Br)ccc1Cl. The molecule has 100 valence electrons. The molecule has 19 heavy (non-hydrogen) atoms. The molecule has 7 heteroatoms. The predicted molar refractivity (Wildman–Crippen MR) is 80.8 cm³/mol. The highest BCUT2D eigenvalue weighted by molar-refractivity contribution is 9.10. The lowest BCUT2D eigenvalue weighted by Gasteiger charge is -2.11. The van der Waals surface area contributed by atoms with Crippen LogP contribution in [-0.2, 0) is 10.0 Å². The fraction of sp³-hybridized carbons (Fsp3) is 0. The Hall–Kier alpha value is -1.24. The van der Waals surface area contributed by atoms with Crippen molar-refractivity contribution < 1.29 is 8.42 Å². The van der Waals surface area contributed by atoms with Crippen LogP contribution in [0.15, 0.2) is 51.8 Å². The fourth-order valence-corrected chi connectivity index (χ4v) is 3.29. The molecule has 2 rings (SSSR count). The van der Waals surface area contributed by atoms with Crippen LogP contribution in [0, 0.1) is 0 Å². The van der Waals surface area contributed by atoms with Crippen molar-refractivity contribution in [3.8, 4) is 0 Å². The lowest BCUT2D eigenvalue weighted by atomic mass is 10.3. The van der Waals surface area contributed by atoms with E-state index in [0.29, 0.717) is 10.7 Å².